The lowest BCUT2D eigenvalue weighted by atomic mass is 10.1. The highest BCUT2D eigenvalue weighted by Gasteiger charge is 2.17. The fourth-order valence-corrected chi connectivity index (χ4v) is 2.93. The second-order valence-corrected chi connectivity index (χ2v) is 6.16. The molecule has 0 saturated heterocycles. The SMILES string of the molecule is COc1ccc(-c2nc3c(C(=O)NC(=O)c4ccccc4)cccc3[nH]2)cc1. The number of H-pyrrole nitrogens is 1. The predicted octanol–water partition coefficient (Wildman–Crippen LogP) is 3.81. The van der Waals surface area contributed by atoms with Crippen molar-refractivity contribution in [3.8, 4) is 17.1 Å². The van der Waals surface area contributed by atoms with Crippen LogP contribution in [0.25, 0.3) is 22.4 Å². The van der Waals surface area contributed by atoms with Crippen LogP contribution in [0.1, 0.15) is 20.7 Å². The minimum atomic E-state index is -0.493. The molecule has 0 spiro atoms. The Bertz CT molecular complexity index is 1150. The Hall–Kier alpha value is -3.93. The average Bonchev–Trinajstić information content (AvgIpc) is 3.18. The molecule has 0 atom stereocenters. The van der Waals surface area contributed by atoms with Gasteiger partial charge in [-0.05, 0) is 48.5 Å². The summed E-state index contributed by atoms with van der Waals surface area (Å²) >= 11 is 0. The summed E-state index contributed by atoms with van der Waals surface area (Å²) in [5.41, 5.74) is 2.84. The molecular weight excluding hydrogens is 354 g/mol. The number of aromatic amines is 1. The maximum atomic E-state index is 12.7. The Morgan fingerprint density at radius 1 is 0.893 bits per heavy atom. The van der Waals surface area contributed by atoms with Gasteiger partial charge in [0.25, 0.3) is 11.8 Å². The van der Waals surface area contributed by atoms with E-state index in [1.54, 1.807) is 43.5 Å². The number of methoxy groups -OCH3 is 1. The van der Waals surface area contributed by atoms with E-state index in [1.165, 1.54) is 0 Å². The van der Waals surface area contributed by atoms with Crippen LogP contribution in [0.2, 0.25) is 0 Å². The standard InChI is InChI=1S/C22H17N3O3/c1-28-16-12-10-14(11-13-16)20-23-18-9-5-8-17(19(18)24-20)22(27)25-21(26)15-6-3-2-4-7-15/h2-13H,1H3,(H,23,24)(H,25,26,27). The summed E-state index contributed by atoms with van der Waals surface area (Å²) in [6.07, 6.45) is 0. The van der Waals surface area contributed by atoms with Crippen LogP contribution in [0.3, 0.4) is 0 Å². The van der Waals surface area contributed by atoms with Crippen molar-refractivity contribution in [1.82, 2.24) is 15.3 Å². The number of hydrogen-bond donors (Lipinski definition) is 2. The van der Waals surface area contributed by atoms with Crippen LogP contribution in [0, 0.1) is 0 Å². The molecule has 6 nitrogen and oxygen atoms in total. The molecular formula is C22H17N3O3. The molecule has 138 valence electrons. The largest absolute Gasteiger partial charge is 0.497 e. The molecule has 0 unspecified atom stereocenters. The molecule has 28 heavy (non-hydrogen) atoms. The van der Waals surface area contributed by atoms with Gasteiger partial charge in [0.15, 0.2) is 0 Å². The van der Waals surface area contributed by atoms with Crippen molar-refractivity contribution in [2.24, 2.45) is 0 Å². The van der Waals surface area contributed by atoms with Crippen molar-refractivity contribution in [3.63, 3.8) is 0 Å². The molecule has 0 fully saturated rings. The first-order valence-electron chi connectivity index (χ1n) is 8.69. The first-order chi connectivity index (χ1) is 13.7. The van der Waals surface area contributed by atoms with Gasteiger partial charge in [0.05, 0.1) is 18.2 Å². The summed E-state index contributed by atoms with van der Waals surface area (Å²) in [6.45, 7) is 0. The van der Waals surface area contributed by atoms with Gasteiger partial charge in [-0.25, -0.2) is 4.98 Å². The molecule has 0 radical (unpaired) electrons. The minimum absolute atomic E-state index is 0.331. The van der Waals surface area contributed by atoms with Gasteiger partial charge in [-0.2, -0.15) is 0 Å². The lowest BCUT2D eigenvalue weighted by molar-refractivity contribution is 0.0850. The van der Waals surface area contributed by atoms with E-state index >= 15 is 0 Å². The zero-order valence-electron chi connectivity index (χ0n) is 15.1. The average molecular weight is 371 g/mol. The summed E-state index contributed by atoms with van der Waals surface area (Å²) in [5, 5.41) is 2.42. The van der Waals surface area contributed by atoms with Gasteiger partial charge >= 0.3 is 0 Å². The number of nitrogens with zero attached hydrogens (tertiary/aromatic N) is 1. The summed E-state index contributed by atoms with van der Waals surface area (Å²) in [7, 11) is 1.61. The Morgan fingerprint density at radius 2 is 1.64 bits per heavy atom. The zero-order chi connectivity index (χ0) is 19.5. The highest BCUT2D eigenvalue weighted by atomic mass is 16.5. The number of aromatic nitrogens is 2. The number of rotatable bonds is 4. The number of carbonyl (C=O) groups is 2. The van der Waals surface area contributed by atoms with Crippen molar-refractivity contribution in [2.45, 2.75) is 0 Å². The molecule has 1 aromatic heterocycles. The number of nitrogens with one attached hydrogen (secondary N) is 2. The van der Waals surface area contributed by atoms with Crippen LogP contribution in [0.5, 0.6) is 5.75 Å². The summed E-state index contributed by atoms with van der Waals surface area (Å²) < 4.78 is 5.17. The maximum absolute atomic E-state index is 12.7. The number of para-hydroxylation sites is 1. The van der Waals surface area contributed by atoms with E-state index in [0.717, 1.165) is 11.3 Å². The summed E-state index contributed by atoms with van der Waals surface area (Å²) in [6, 6.07) is 21.3. The molecule has 0 saturated carbocycles. The highest BCUT2D eigenvalue weighted by Crippen LogP contribution is 2.24. The fourth-order valence-electron chi connectivity index (χ4n) is 2.93. The van der Waals surface area contributed by atoms with Gasteiger partial charge in [0.2, 0.25) is 0 Å². The second kappa shape index (κ2) is 7.36. The van der Waals surface area contributed by atoms with Crippen LogP contribution < -0.4 is 10.1 Å². The number of hydrogen-bond acceptors (Lipinski definition) is 4. The van der Waals surface area contributed by atoms with E-state index in [2.05, 4.69) is 15.3 Å². The number of ether oxygens (including phenoxy) is 1. The Labute approximate surface area is 161 Å². The third kappa shape index (κ3) is 3.35. The van der Waals surface area contributed by atoms with Crippen molar-refractivity contribution in [2.75, 3.05) is 7.11 Å². The molecule has 4 aromatic rings. The van der Waals surface area contributed by atoms with Crippen LogP contribution in [-0.2, 0) is 0 Å². The van der Waals surface area contributed by atoms with E-state index in [-0.39, 0.29) is 0 Å². The number of benzene rings is 3. The van der Waals surface area contributed by atoms with Crippen LogP contribution >= 0.6 is 0 Å². The number of amides is 2. The van der Waals surface area contributed by atoms with Crippen molar-refractivity contribution < 1.29 is 14.3 Å². The Kier molecular flexibility index (Phi) is 4.60. The van der Waals surface area contributed by atoms with Crippen LogP contribution in [-0.4, -0.2) is 28.9 Å². The Morgan fingerprint density at radius 3 is 2.36 bits per heavy atom. The summed E-state index contributed by atoms with van der Waals surface area (Å²) in [5.74, 6) is 0.437. The van der Waals surface area contributed by atoms with E-state index < -0.39 is 11.8 Å². The molecule has 2 amide bonds. The molecule has 6 heteroatoms. The van der Waals surface area contributed by atoms with Gasteiger partial charge in [-0.1, -0.05) is 24.3 Å². The smallest absolute Gasteiger partial charge is 0.260 e. The molecule has 4 rings (SSSR count). The zero-order valence-corrected chi connectivity index (χ0v) is 15.1. The normalized spacial score (nSPS) is 10.6. The fraction of sp³-hybridized carbons (Fsp3) is 0.0455. The van der Waals surface area contributed by atoms with Gasteiger partial charge in [-0.15, -0.1) is 0 Å². The molecule has 2 N–H and O–H groups in total. The van der Waals surface area contributed by atoms with Crippen LogP contribution in [0.15, 0.2) is 72.8 Å². The topological polar surface area (TPSA) is 84.1 Å². The van der Waals surface area contributed by atoms with Crippen molar-refractivity contribution >= 4 is 22.8 Å². The Balaban J connectivity index is 1.65. The third-order valence-electron chi connectivity index (χ3n) is 4.38. The molecule has 0 aliphatic carbocycles. The third-order valence-corrected chi connectivity index (χ3v) is 4.38. The lowest BCUT2D eigenvalue weighted by Crippen LogP contribution is -2.30. The van der Waals surface area contributed by atoms with Gasteiger partial charge in [0, 0.05) is 11.1 Å². The second-order valence-electron chi connectivity index (χ2n) is 6.16. The van der Waals surface area contributed by atoms with Gasteiger partial charge in [0.1, 0.15) is 17.1 Å². The van der Waals surface area contributed by atoms with Gasteiger partial charge < -0.3 is 9.72 Å². The van der Waals surface area contributed by atoms with Crippen molar-refractivity contribution in [3.05, 3.63) is 83.9 Å². The van der Waals surface area contributed by atoms with E-state index in [0.29, 0.717) is 28.0 Å². The van der Waals surface area contributed by atoms with Gasteiger partial charge in [-0.3, -0.25) is 14.9 Å². The first kappa shape index (κ1) is 17.5. The molecule has 0 bridgehead atoms. The van der Waals surface area contributed by atoms with E-state index in [1.807, 2.05) is 36.4 Å². The monoisotopic (exact) mass is 371 g/mol. The lowest BCUT2D eigenvalue weighted by Gasteiger charge is -2.04. The number of imidazole rings is 1. The van der Waals surface area contributed by atoms with Crippen LogP contribution in [0.4, 0.5) is 0 Å². The number of fused-ring (bicyclic) bond motifs is 1. The molecule has 1 heterocycles. The predicted molar refractivity (Wildman–Crippen MR) is 106 cm³/mol. The minimum Gasteiger partial charge on any atom is -0.497 e. The summed E-state index contributed by atoms with van der Waals surface area (Å²) in [4.78, 5) is 32.7. The first-order valence-corrected chi connectivity index (χ1v) is 8.69. The number of carbonyl (C=O) groups excluding carboxylic acids is 2. The highest BCUT2D eigenvalue weighted by molar-refractivity contribution is 6.14. The number of imide groups is 1. The molecule has 0 aliphatic heterocycles. The quantitative estimate of drug-likeness (QED) is 0.534. The molecule has 3 aromatic carbocycles. The van der Waals surface area contributed by atoms with Crippen molar-refractivity contribution in [1.29, 1.82) is 0 Å². The van der Waals surface area contributed by atoms with E-state index in [4.69, 9.17) is 4.74 Å². The maximum Gasteiger partial charge on any atom is 0.260 e. The molecule has 0 aliphatic rings. The van der Waals surface area contributed by atoms with E-state index in [9.17, 15) is 9.59 Å².